The van der Waals surface area contributed by atoms with Crippen molar-refractivity contribution in [3.63, 3.8) is 0 Å². The second-order valence-electron chi connectivity index (χ2n) is 4.13. The van der Waals surface area contributed by atoms with Crippen molar-refractivity contribution < 1.29 is 4.39 Å². The van der Waals surface area contributed by atoms with Crippen LogP contribution in [0.25, 0.3) is 0 Å². The predicted octanol–water partition coefficient (Wildman–Crippen LogP) is 3.77. The van der Waals surface area contributed by atoms with Crippen molar-refractivity contribution in [2.45, 2.75) is 13.8 Å². The fourth-order valence-electron chi connectivity index (χ4n) is 1.69. The summed E-state index contributed by atoms with van der Waals surface area (Å²) in [5.74, 6) is -0.250. The van der Waals surface area contributed by atoms with Crippen molar-refractivity contribution in [1.82, 2.24) is 0 Å². The number of aryl methyl sites for hydroxylation is 2. The number of halogens is 1. The van der Waals surface area contributed by atoms with E-state index in [1.165, 1.54) is 6.07 Å². The molecule has 0 spiro atoms. The molecule has 0 amide bonds. The van der Waals surface area contributed by atoms with Crippen molar-refractivity contribution in [2.75, 3.05) is 11.1 Å². The number of para-hydroxylation sites is 1. The van der Waals surface area contributed by atoms with Gasteiger partial charge >= 0.3 is 0 Å². The lowest BCUT2D eigenvalue weighted by molar-refractivity contribution is 0.631. The van der Waals surface area contributed by atoms with Gasteiger partial charge in [-0.05, 0) is 49.2 Å². The van der Waals surface area contributed by atoms with Gasteiger partial charge in [0.25, 0.3) is 0 Å². The van der Waals surface area contributed by atoms with Gasteiger partial charge in [-0.15, -0.1) is 0 Å². The van der Waals surface area contributed by atoms with Crippen LogP contribution in [0.2, 0.25) is 0 Å². The quantitative estimate of drug-likeness (QED) is 0.771. The fourth-order valence-corrected chi connectivity index (χ4v) is 1.69. The molecule has 0 aliphatic rings. The van der Waals surface area contributed by atoms with Gasteiger partial charge in [0.1, 0.15) is 5.82 Å². The first-order valence-electron chi connectivity index (χ1n) is 5.46. The number of hydrogen-bond donors (Lipinski definition) is 2. The van der Waals surface area contributed by atoms with Crippen LogP contribution in [-0.4, -0.2) is 0 Å². The number of rotatable bonds is 2. The Bertz CT molecular complexity index is 530. The van der Waals surface area contributed by atoms with Crippen LogP contribution in [0.1, 0.15) is 11.1 Å². The van der Waals surface area contributed by atoms with Crippen molar-refractivity contribution in [3.05, 3.63) is 53.3 Å². The Labute approximate surface area is 100 Å². The standard InChI is InChI=1S/C14H15FN2/c1-9-4-3-5-12(15)14(9)17-11-6-7-13(16)10(2)8-11/h3-8,17H,16H2,1-2H3. The van der Waals surface area contributed by atoms with E-state index < -0.39 is 0 Å². The van der Waals surface area contributed by atoms with Gasteiger partial charge in [0.05, 0.1) is 5.69 Å². The van der Waals surface area contributed by atoms with Crippen LogP contribution in [0.3, 0.4) is 0 Å². The number of anilines is 3. The van der Waals surface area contributed by atoms with E-state index in [1.54, 1.807) is 6.07 Å². The molecule has 17 heavy (non-hydrogen) atoms. The first-order chi connectivity index (χ1) is 8.08. The molecule has 2 rings (SSSR count). The average molecular weight is 230 g/mol. The minimum atomic E-state index is -0.250. The molecule has 2 aromatic rings. The van der Waals surface area contributed by atoms with Gasteiger partial charge in [0, 0.05) is 11.4 Å². The Hall–Kier alpha value is -2.03. The summed E-state index contributed by atoms with van der Waals surface area (Å²) in [6, 6.07) is 10.6. The highest BCUT2D eigenvalue weighted by molar-refractivity contribution is 5.66. The third-order valence-corrected chi connectivity index (χ3v) is 2.76. The van der Waals surface area contributed by atoms with Crippen LogP contribution < -0.4 is 11.1 Å². The summed E-state index contributed by atoms with van der Waals surface area (Å²) < 4.78 is 13.6. The molecule has 2 aromatic carbocycles. The van der Waals surface area contributed by atoms with E-state index >= 15 is 0 Å². The maximum atomic E-state index is 13.6. The van der Waals surface area contributed by atoms with Gasteiger partial charge in [0.2, 0.25) is 0 Å². The first-order valence-corrected chi connectivity index (χ1v) is 5.46. The van der Waals surface area contributed by atoms with Crippen LogP contribution in [0.5, 0.6) is 0 Å². The van der Waals surface area contributed by atoms with Crippen molar-refractivity contribution >= 4 is 17.1 Å². The predicted molar refractivity (Wildman–Crippen MR) is 70.0 cm³/mol. The van der Waals surface area contributed by atoms with Gasteiger partial charge in [-0.1, -0.05) is 12.1 Å². The van der Waals surface area contributed by atoms with E-state index in [4.69, 9.17) is 5.73 Å². The number of nitrogens with two attached hydrogens (primary N) is 1. The van der Waals surface area contributed by atoms with Crippen LogP contribution in [0.4, 0.5) is 21.5 Å². The van der Waals surface area contributed by atoms with E-state index in [1.807, 2.05) is 38.1 Å². The summed E-state index contributed by atoms with van der Waals surface area (Å²) in [4.78, 5) is 0. The Kier molecular flexibility index (Phi) is 3.00. The summed E-state index contributed by atoms with van der Waals surface area (Å²) >= 11 is 0. The second-order valence-corrected chi connectivity index (χ2v) is 4.13. The Balaban J connectivity index is 2.35. The summed E-state index contributed by atoms with van der Waals surface area (Å²) in [5, 5.41) is 3.08. The zero-order chi connectivity index (χ0) is 12.4. The van der Waals surface area contributed by atoms with Crippen molar-refractivity contribution in [1.29, 1.82) is 0 Å². The Morgan fingerprint density at radius 2 is 1.82 bits per heavy atom. The highest BCUT2D eigenvalue weighted by Crippen LogP contribution is 2.25. The van der Waals surface area contributed by atoms with Gasteiger partial charge in [0.15, 0.2) is 0 Å². The minimum absolute atomic E-state index is 0.250. The zero-order valence-electron chi connectivity index (χ0n) is 9.92. The molecule has 0 atom stereocenters. The zero-order valence-corrected chi connectivity index (χ0v) is 9.92. The fraction of sp³-hybridized carbons (Fsp3) is 0.143. The molecule has 3 heteroatoms. The molecule has 0 saturated heterocycles. The second kappa shape index (κ2) is 4.45. The molecule has 0 radical (unpaired) electrons. The van der Waals surface area contributed by atoms with Crippen molar-refractivity contribution in [2.24, 2.45) is 0 Å². The van der Waals surface area contributed by atoms with Gasteiger partial charge in [-0.2, -0.15) is 0 Å². The summed E-state index contributed by atoms with van der Waals surface area (Å²) in [7, 11) is 0. The SMILES string of the molecule is Cc1cc(Nc2c(C)cccc2F)ccc1N. The first kappa shape index (κ1) is 11.5. The number of hydrogen-bond acceptors (Lipinski definition) is 2. The maximum Gasteiger partial charge on any atom is 0.146 e. The lowest BCUT2D eigenvalue weighted by Crippen LogP contribution is -1.98. The van der Waals surface area contributed by atoms with E-state index in [-0.39, 0.29) is 5.82 Å². The molecule has 0 heterocycles. The molecule has 0 saturated carbocycles. The molecule has 0 aliphatic carbocycles. The molecular formula is C14H15FN2. The molecule has 0 bridgehead atoms. The van der Waals surface area contributed by atoms with E-state index in [0.29, 0.717) is 5.69 Å². The lowest BCUT2D eigenvalue weighted by Gasteiger charge is -2.11. The smallest absolute Gasteiger partial charge is 0.146 e. The van der Waals surface area contributed by atoms with Gasteiger partial charge in [-0.25, -0.2) is 4.39 Å². The lowest BCUT2D eigenvalue weighted by atomic mass is 10.1. The Morgan fingerprint density at radius 3 is 2.47 bits per heavy atom. The third-order valence-electron chi connectivity index (χ3n) is 2.76. The maximum absolute atomic E-state index is 13.6. The molecular weight excluding hydrogens is 215 g/mol. The molecule has 0 fully saturated rings. The molecule has 88 valence electrons. The third kappa shape index (κ3) is 2.38. The highest BCUT2D eigenvalue weighted by Gasteiger charge is 2.05. The van der Waals surface area contributed by atoms with Gasteiger partial charge < -0.3 is 11.1 Å². The summed E-state index contributed by atoms with van der Waals surface area (Å²) in [6.45, 7) is 3.80. The molecule has 0 aromatic heterocycles. The summed E-state index contributed by atoms with van der Waals surface area (Å²) in [6.07, 6.45) is 0. The van der Waals surface area contributed by atoms with Crippen LogP contribution >= 0.6 is 0 Å². The van der Waals surface area contributed by atoms with E-state index in [0.717, 1.165) is 22.5 Å². The number of nitrogen functional groups attached to an aromatic ring is 1. The monoisotopic (exact) mass is 230 g/mol. The largest absolute Gasteiger partial charge is 0.399 e. The molecule has 2 nitrogen and oxygen atoms in total. The molecule has 3 N–H and O–H groups in total. The topological polar surface area (TPSA) is 38.0 Å². The summed E-state index contributed by atoms with van der Waals surface area (Å²) in [5.41, 5.74) is 9.68. The van der Waals surface area contributed by atoms with Crippen LogP contribution in [0, 0.1) is 19.7 Å². The van der Waals surface area contributed by atoms with E-state index in [9.17, 15) is 4.39 Å². The number of benzene rings is 2. The van der Waals surface area contributed by atoms with Crippen LogP contribution in [0.15, 0.2) is 36.4 Å². The molecule has 0 aliphatic heterocycles. The average Bonchev–Trinajstić information content (AvgIpc) is 2.28. The molecule has 0 unspecified atom stereocenters. The van der Waals surface area contributed by atoms with Crippen molar-refractivity contribution in [3.8, 4) is 0 Å². The van der Waals surface area contributed by atoms with E-state index in [2.05, 4.69) is 5.32 Å². The minimum Gasteiger partial charge on any atom is -0.399 e. The normalized spacial score (nSPS) is 10.3. The van der Waals surface area contributed by atoms with Gasteiger partial charge in [-0.3, -0.25) is 0 Å². The Morgan fingerprint density at radius 1 is 1.06 bits per heavy atom. The van der Waals surface area contributed by atoms with Crippen LogP contribution in [-0.2, 0) is 0 Å². The highest BCUT2D eigenvalue weighted by atomic mass is 19.1. The number of nitrogens with one attached hydrogen (secondary N) is 1.